The summed E-state index contributed by atoms with van der Waals surface area (Å²) in [4.78, 5) is 16.0. The number of amides is 1. The molecule has 1 aliphatic carbocycles. The van der Waals surface area contributed by atoms with Gasteiger partial charge in [0, 0.05) is 61.0 Å². The van der Waals surface area contributed by atoms with Gasteiger partial charge in [-0.15, -0.1) is 0 Å². The zero-order valence-corrected chi connectivity index (χ0v) is 21.0. The summed E-state index contributed by atoms with van der Waals surface area (Å²) in [6.45, 7) is 2.61. The van der Waals surface area contributed by atoms with Crippen molar-refractivity contribution in [3.8, 4) is 39.7 Å². The molecule has 1 saturated heterocycles. The number of piperazine rings is 1. The van der Waals surface area contributed by atoms with Gasteiger partial charge in [-0.2, -0.15) is 21.5 Å². The molecule has 2 fully saturated rings. The third kappa shape index (κ3) is 3.21. The number of carbonyl (C=O) groups is 1. The fourth-order valence-electron chi connectivity index (χ4n) is 5.42. The normalized spacial score (nSPS) is 17.4. The van der Waals surface area contributed by atoms with Crippen molar-refractivity contribution in [3.63, 3.8) is 0 Å². The molecule has 9 nitrogen and oxygen atoms in total. The van der Waals surface area contributed by atoms with Crippen molar-refractivity contribution in [1.29, 1.82) is 0 Å². The number of hydrogen-bond donors (Lipinski definition) is 1. The van der Waals surface area contributed by atoms with Crippen molar-refractivity contribution in [2.75, 3.05) is 26.7 Å². The first-order valence-electron chi connectivity index (χ1n) is 12.1. The second-order valence-electron chi connectivity index (χ2n) is 9.64. The highest BCUT2D eigenvalue weighted by Gasteiger charge is 2.52. The zero-order valence-electron chi connectivity index (χ0n) is 20.2. The van der Waals surface area contributed by atoms with E-state index in [-0.39, 0.29) is 18.1 Å². The van der Waals surface area contributed by atoms with Crippen LogP contribution in [-0.2, 0) is 13.7 Å². The lowest BCUT2D eigenvalue weighted by molar-refractivity contribution is 0.0591. The smallest absolute Gasteiger partial charge is 0.275 e. The fraction of sp³-hybridized carbons (Fsp3) is 0.346. The number of fused-ring (bicyclic) bond motifs is 3. The average Bonchev–Trinajstić information content (AvgIpc) is 3.30. The van der Waals surface area contributed by atoms with Crippen LogP contribution in [-0.4, -0.2) is 62.7 Å². The Morgan fingerprint density at radius 3 is 2.83 bits per heavy atom. The Labute approximate surface area is 212 Å². The monoisotopic (exact) mass is 502 g/mol. The molecular formula is C26H26N6O3S. The van der Waals surface area contributed by atoms with E-state index in [1.165, 1.54) is 0 Å². The SMILES string of the molecule is COc1cc2c(cc1-c1ccn(C)n1)-c1c(c(C(=O)N3CCNCC34CC4)nn1-c1ccsc1)CO2. The van der Waals surface area contributed by atoms with Crippen LogP contribution in [0.1, 0.15) is 28.9 Å². The topological polar surface area (TPSA) is 86.4 Å². The van der Waals surface area contributed by atoms with E-state index in [1.54, 1.807) is 23.1 Å². The molecule has 1 amide bonds. The summed E-state index contributed by atoms with van der Waals surface area (Å²) < 4.78 is 15.6. The van der Waals surface area contributed by atoms with Gasteiger partial charge in [0.25, 0.3) is 5.91 Å². The van der Waals surface area contributed by atoms with Crippen molar-refractivity contribution in [2.24, 2.45) is 7.05 Å². The van der Waals surface area contributed by atoms with E-state index in [2.05, 4.69) is 10.4 Å². The maximum atomic E-state index is 14.0. The molecule has 36 heavy (non-hydrogen) atoms. The van der Waals surface area contributed by atoms with Crippen LogP contribution < -0.4 is 14.8 Å². The van der Waals surface area contributed by atoms with Crippen LogP contribution in [0.4, 0.5) is 0 Å². The molecule has 1 aromatic carbocycles. The van der Waals surface area contributed by atoms with Crippen LogP contribution in [0.2, 0.25) is 0 Å². The number of benzene rings is 1. The molecule has 3 aromatic heterocycles. The van der Waals surface area contributed by atoms with E-state index in [1.807, 2.05) is 57.9 Å². The quantitative estimate of drug-likeness (QED) is 0.460. The van der Waals surface area contributed by atoms with E-state index in [0.29, 0.717) is 23.7 Å². The highest BCUT2D eigenvalue weighted by molar-refractivity contribution is 7.08. The highest BCUT2D eigenvalue weighted by Crippen LogP contribution is 2.47. The van der Waals surface area contributed by atoms with E-state index in [9.17, 15) is 4.79 Å². The maximum absolute atomic E-state index is 14.0. The van der Waals surface area contributed by atoms with E-state index in [4.69, 9.17) is 14.6 Å². The molecule has 1 N–H and O–H groups in total. The van der Waals surface area contributed by atoms with E-state index < -0.39 is 0 Å². The Balaban J connectivity index is 1.42. The lowest BCUT2D eigenvalue weighted by Crippen LogP contribution is -2.55. The molecule has 1 spiro atoms. The number of methoxy groups -OCH3 is 1. The third-order valence-electron chi connectivity index (χ3n) is 7.47. The van der Waals surface area contributed by atoms with Crippen LogP contribution in [0.3, 0.4) is 0 Å². The summed E-state index contributed by atoms with van der Waals surface area (Å²) in [5, 5.41) is 17.0. The van der Waals surface area contributed by atoms with E-state index in [0.717, 1.165) is 59.7 Å². The molecule has 0 bridgehead atoms. The number of aryl methyl sites for hydroxylation is 1. The number of rotatable bonds is 4. The number of thiophene rings is 1. The molecular weight excluding hydrogens is 476 g/mol. The van der Waals surface area contributed by atoms with Crippen molar-refractivity contribution >= 4 is 17.2 Å². The van der Waals surface area contributed by atoms with Gasteiger partial charge in [-0.1, -0.05) is 0 Å². The predicted molar refractivity (Wildman–Crippen MR) is 136 cm³/mol. The summed E-state index contributed by atoms with van der Waals surface area (Å²) >= 11 is 1.60. The minimum Gasteiger partial charge on any atom is -0.496 e. The van der Waals surface area contributed by atoms with Crippen LogP contribution in [0.15, 0.2) is 41.2 Å². The maximum Gasteiger partial charge on any atom is 0.275 e. The molecule has 4 aromatic rings. The summed E-state index contributed by atoms with van der Waals surface area (Å²) in [5.74, 6) is 1.38. The molecule has 0 unspecified atom stereocenters. The number of nitrogens with zero attached hydrogens (tertiary/aromatic N) is 5. The van der Waals surface area contributed by atoms with Gasteiger partial charge in [-0.3, -0.25) is 9.48 Å². The van der Waals surface area contributed by atoms with Crippen LogP contribution in [0.5, 0.6) is 11.5 Å². The fourth-order valence-corrected chi connectivity index (χ4v) is 6.04. The first-order valence-corrected chi connectivity index (χ1v) is 13.0. The Hall–Kier alpha value is -3.63. The Bertz CT molecular complexity index is 1480. The van der Waals surface area contributed by atoms with Crippen LogP contribution in [0, 0.1) is 0 Å². The van der Waals surface area contributed by atoms with Crippen molar-refractivity contribution in [1.82, 2.24) is 29.8 Å². The Morgan fingerprint density at radius 1 is 1.22 bits per heavy atom. The second-order valence-corrected chi connectivity index (χ2v) is 10.4. The zero-order chi connectivity index (χ0) is 24.4. The number of nitrogens with one attached hydrogen (secondary N) is 1. The number of hydrogen-bond acceptors (Lipinski definition) is 7. The van der Waals surface area contributed by atoms with Crippen molar-refractivity contribution in [2.45, 2.75) is 25.0 Å². The van der Waals surface area contributed by atoms with Gasteiger partial charge in [0.2, 0.25) is 0 Å². The lowest BCUT2D eigenvalue weighted by Gasteiger charge is -2.36. The summed E-state index contributed by atoms with van der Waals surface area (Å²) in [6.07, 6.45) is 3.97. The first-order chi connectivity index (χ1) is 17.6. The lowest BCUT2D eigenvalue weighted by atomic mass is 9.97. The van der Waals surface area contributed by atoms with Crippen molar-refractivity contribution < 1.29 is 14.3 Å². The van der Waals surface area contributed by atoms with Crippen molar-refractivity contribution in [3.05, 3.63) is 52.5 Å². The minimum atomic E-state index is -0.0681. The van der Waals surface area contributed by atoms with Crippen LogP contribution >= 0.6 is 11.3 Å². The highest BCUT2D eigenvalue weighted by atomic mass is 32.1. The number of aromatic nitrogens is 4. The van der Waals surface area contributed by atoms with Gasteiger partial charge in [0.05, 0.1) is 29.7 Å². The molecule has 184 valence electrons. The average molecular weight is 503 g/mol. The van der Waals surface area contributed by atoms with Gasteiger partial charge in [-0.05, 0) is 36.4 Å². The van der Waals surface area contributed by atoms with Gasteiger partial charge < -0.3 is 19.7 Å². The molecule has 2 aliphatic heterocycles. The Kier molecular flexibility index (Phi) is 4.77. The predicted octanol–water partition coefficient (Wildman–Crippen LogP) is 3.48. The third-order valence-corrected chi connectivity index (χ3v) is 8.14. The van der Waals surface area contributed by atoms with Gasteiger partial charge in [-0.25, -0.2) is 4.68 Å². The standard InChI is InChI=1S/C26H26N6O3S/c1-30-8-3-20(28-30)17-11-18-22(12-21(17)34-2)35-13-19-23(29-32(24(18)19)16-4-10-36-14-16)25(33)31-9-7-27-15-26(31)5-6-26/h3-4,8,10-12,14,27H,5-7,9,13,15H2,1-2H3. The summed E-state index contributed by atoms with van der Waals surface area (Å²) in [7, 11) is 3.54. The van der Waals surface area contributed by atoms with E-state index >= 15 is 0 Å². The summed E-state index contributed by atoms with van der Waals surface area (Å²) in [6, 6.07) is 7.93. The van der Waals surface area contributed by atoms with Gasteiger partial charge in [0.1, 0.15) is 18.1 Å². The Morgan fingerprint density at radius 2 is 2.11 bits per heavy atom. The minimum absolute atomic E-state index is 0.00950. The molecule has 5 heterocycles. The molecule has 1 saturated carbocycles. The molecule has 3 aliphatic rings. The largest absolute Gasteiger partial charge is 0.496 e. The molecule has 0 radical (unpaired) electrons. The van der Waals surface area contributed by atoms with Crippen LogP contribution in [0.25, 0.3) is 28.2 Å². The van der Waals surface area contributed by atoms with Gasteiger partial charge in [0.15, 0.2) is 5.69 Å². The number of carbonyl (C=O) groups excluding carboxylic acids is 1. The molecule has 7 rings (SSSR count). The molecule has 10 heteroatoms. The first kappa shape index (κ1) is 21.6. The number of ether oxygens (including phenoxy) is 2. The van der Waals surface area contributed by atoms with Gasteiger partial charge >= 0.3 is 0 Å². The summed E-state index contributed by atoms with van der Waals surface area (Å²) in [5.41, 5.74) is 5.59. The second kappa shape index (κ2) is 7.94. The molecule has 0 atom stereocenters.